The van der Waals surface area contributed by atoms with E-state index in [1.165, 1.54) is 6.42 Å². The van der Waals surface area contributed by atoms with E-state index in [0.29, 0.717) is 19.0 Å². The second-order valence-corrected chi connectivity index (χ2v) is 8.14. The van der Waals surface area contributed by atoms with E-state index in [1.807, 2.05) is 30.7 Å². The lowest BCUT2D eigenvalue weighted by molar-refractivity contribution is -0.127. The Morgan fingerprint density at radius 1 is 1.26 bits per heavy atom. The van der Waals surface area contributed by atoms with E-state index in [-0.39, 0.29) is 18.6 Å². The molecule has 8 heteroatoms. The van der Waals surface area contributed by atoms with E-state index in [4.69, 9.17) is 9.73 Å². The Bertz CT molecular complexity index is 899. The molecule has 0 aliphatic carbocycles. The Balaban J connectivity index is 1.74. The molecule has 0 saturated carbocycles. The minimum atomic E-state index is -0.00791. The molecular formula is C23H34N6O2. The summed E-state index contributed by atoms with van der Waals surface area (Å²) in [6.45, 7) is 6.16. The summed E-state index contributed by atoms with van der Waals surface area (Å²) in [5.41, 5.74) is 4.13. The topological polar surface area (TPSA) is 83.8 Å². The lowest BCUT2D eigenvalue weighted by atomic mass is 10.1. The van der Waals surface area contributed by atoms with Crippen LogP contribution in [0.3, 0.4) is 0 Å². The maximum Gasteiger partial charge on any atom is 0.241 e. The molecule has 8 nitrogen and oxygen atoms in total. The number of carbonyl (C=O) groups excluding carboxylic acids is 1. The fourth-order valence-electron chi connectivity index (χ4n) is 3.56. The van der Waals surface area contributed by atoms with Crippen LogP contribution in [0.4, 0.5) is 0 Å². The van der Waals surface area contributed by atoms with Gasteiger partial charge in [0.1, 0.15) is 0 Å². The molecule has 1 atom stereocenters. The molecule has 31 heavy (non-hydrogen) atoms. The molecule has 1 aromatic carbocycles. The van der Waals surface area contributed by atoms with Crippen molar-refractivity contribution in [3.8, 4) is 5.69 Å². The monoisotopic (exact) mass is 426 g/mol. The molecule has 1 aliphatic heterocycles. The normalized spacial score (nSPS) is 16.8. The zero-order valence-electron chi connectivity index (χ0n) is 19.0. The summed E-state index contributed by atoms with van der Waals surface area (Å²) in [5, 5.41) is 11.1. The van der Waals surface area contributed by atoms with Gasteiger partial charge in [0.25, 0.3) is 0 Å². The molecule has 1 aliphatic rings. The van der Waals surface area contributed by atoms with Crippen LogP contribution in [0.15, 0.2) is 35.3 Å². The second-order valence-electron chi connectivity index (χ2n) is 8.14. The van der Waals surface area contributed by atoms with Crippen molar-refractivity contribution in [1.82, 2.24) is 25.3 Å². The predicted molar refractivity (Wildman–Crippen MR) is 122 cm³/mol. The summed E-state index contributed by atoms with van der Waals surface area (Å²) < 4.78 is 7.77. The maximum absolute atomic E-state index is 12.1. The lowest BCUT2D eigenvalue weighted by Gasteiger charge is -2.24. The number of nitrogens with one attached hydrogen (secondary N) is 2. The molecule has 2 heterocycles. The molecule has 2 aromatic rings. The van der Waals surface area contributed by atoms with Gasteiger partial charge in [0.15, 0.2) is 5.96 Å². The summed E-state index contributed by atoms with van der Waals surface area (Å²) in [6.07, 6.45) is 3.52. The Morgan fingerprint density at radius 3 is 2.74 bits per heavy atom. The van der Waals surface area contributed by atoms with Crippen molar-refractivity contribution in [3.05, 3.63) is 47.3 Å². The van der Waals surface area contributed by atoms with Crippen molar-refractivity contribution >= 4 is 11.9 Å². The van der Waals surface area contributed by atoms with Crippen molar-refractivity contribution in [3.63, 3.8) is 0 Å². The summed E-state index contributed by atoms with van der Waals surface area (Å²) in [4.78, 5) is 18.4. The molecule has 1 unspecified atom stereocenters. The number of rotatable bonds is 7. The molecule has 1 amide bonds. The highest BCUT2D eigenvalue weighted by molar-refractivity contribution is 5.86. The van der Waals surface area contributed by atoms with E-state index >= 15 is 0 Å². The summed E-state index contributed by atoms with van der Waals surface area (Å²) in [5.74, 6) is 0.596. The standard InChI is InChI=1S/C23H34N6O2/c1-17-13-18(2)29(27-17)21-11-6-5-9-19(21)14-24-23(26-16-22(30)28(3)4)25-15-20-10-7-8-12-31-20/h5-6,9,11,13,20H,7-8,10,12,14-16H2,1-4H3,(H2,24,25,26). The van der Waals surface area contributed by atoms with Crippen LogP contribution in [0.2, 0.25) is 0 Å². The number of aromatic nitrogens is 2. The number of ether oxygens (including phenoxy) is 1. The molecular weight excluding hydrogens is 392 g/mol. The third kappa shape index (κ3) is 6.55. The third-order valence-corrected chi connectivity index (χ3v) is 5.31. The van der Waals surface area contributed by atoms with Crippen molar-refractivity contribution in [2.75, 3.05) is 33.8 Å². The van der Waals surface area contributed by atoms with Gasteiger partial charge in [-0.3, -0.25) is 4.79 Å². The van der Waals surface area contributed by atoms with Crippen molar-refractivity contribution < 1.29 is 9.53 Å². The zero-order valence-corrected chi connectivity index (χ0v) is 19.0. The highest BCUT2D eigenvalue weighted by atomic mass is 16.5. The summed E-state index contributed by atoms with van der Waals surface area (Å²) in [6, 6.07) is 10.2. The molecule has 3 rings (SSSR count). The number of guanidine groups is 1. The highest BCUT2D eigenvalue weighted by Crippen LogP contribution is 2.18. The lowest BCUT2D eigenvalue weighted by Crippen LogP contribution is -2.45. The largest absolute Gasteiger partial charge is 0.376 e. The Hall–Kier alpha value is -2.87. The molecule has 0 bridgehead atoms. The SMILES string of the molecule is Cc1cc(C)n(-c2ccccc2CN=C(NCC(=O)N(C)C)NCC2CCCCO2)n1. The van der Waals surface area contributed by atoms with Gasteiger partial charge < -0.3 is 20.3 Å². The van der Waals surface area contributed by atoms with Gasteiger partial charge in [0.2, 0.25) is 5.91 Å². The molecule has 2 N–H and O–H groups in total. The third-order valence-electron chi connectivity index (χ3n) is 5.31. The van der Waals surface area contributed by atoms with Gasteiger partial charge in [-0.15, -0.1) is 0 Å². The number of aryl methyl sites for hydroxylation is 2. The van der Waals surface area contributed by atoms with Gasteiger partial charge in [-0.25, -0.2) is 9.67 Å². The van der Waals surface area contributed by atoms with Crippen molar-refractivity contribution in [2.24, 2.45) is 4.99 Å². The van der Waals surface area contributed by atoms with E-state index in [0.717, 1.165) is 42.1 Å². The van der Waals surface area contributed by atoms with Crippen LogP contribution in [0.5, 0.6) is 0 Å². The Kier molecular flexibility index (Phi) is 8.06. The van der Waals surface area contributed by atoms with Gasteiger partial charge in [0, 0.05) is 32.9 Å². The van der Waals surface area contributed by atoms with Crippen LogP contribution in [0, 0.1) is 13.8 Å². The van der Waals surface area contributed by atoms with Gasteiger partial charge in [-0.05, 0) is 50.8 Å². The highest BCUT2D eigenvalue weighted by Gasteiger charge is 2.15. The Labute approximate surface area is 184 Å². The second kappa shape index (κ2) is 10.9. The minimum absolute atomic E-state index is 0.00791. The zero-order chi connectivity index (χ0) is 22.2. The van der Waals surface area contributed by atoms with Gasteiger partial charge >= 0.3 is 0 Å². The number of hydrogen-bond donors (Lipinski definition) is 2. The van der Waals surface area contributed by atoms with Crippen molar-refractivity contribution in [1.29, 1.82) is 0 Å². The van der Waals surface area contributed by atoms with Crippen LogP contribution in [0.25, 0.3) is 5.69 Å². The van der Waals surface area contributed by atoms with Crippen LogP contribution in [-0.2, 0) is 16.1 Å². The number of benzene rings is 1. The molecule has 168 valence electrons. The quantitative estimate of drug-likeness (QED) is 0.524. The molecule has 0 spiro atoms. The van der Waals surface area contributed by atoms with E-state index in [1.54, 1.807) is 19.0 Å². The number of nitrogens with zero attached hydrogens (tertiary/aromatic N) is 4. The number of carbonyl (C=O) groups is 1. The smallest absolute Gasteiger partial charge is 0.241 e. The number of hydrogen-bond acceptors (Lipinski definition) is 4. The first-order valence-corrected chi connectivity index (χ1v) is 10.9. The first-order valence-electron chi connectivity index (χ1n) is 10.9. The predicted octanol–water partition coefficient (Wildman–Crippen LogP) is 2.18. The molecule has 0 radical (unpaired) electrons. The van der Waals surface area contributed by atoms with E-state index in [2.05, 4.69) is 33.9 Å². The molecule has 1 fully saturated rings. The van der Waals surface area contributed by atoms with E-state index < -0.39 is 0 Å². The fraction of sp³-hybridized carbons (Fsp3) is 0.522. The van der Waals surface area contributed by atoms with Crippen LogP contribution >= 0.6 is 0 Å². The first-order chi connectivity index (χ1) is 14.9. The molecule has 1 aromatic heterocycles. The number of likely N-dealkylation sites (N-methyl/N-ethyl adjacent to an activating group) is 1. The summed E-state index contributed by atoms with van der Waals surface area (Å²) >= 11 is 0. The van der Waals surface area contributed by atoms with Gasteiger partial charge in [-0.1, -0.05) is 18.2 Å². The van der Waals surface area contributed by atoms with E-state index in [9.17, 15) is 4.79 Å². The van der Waals surface area contributed by atoms with Crippen LogP contribution in [-0.4, -0.2) is 66.4 Å². The Morgan fingerprint density at radius 2 is 2.06 bits per heavy atom. The number of aliphatic imine (C=N–C) groups is 1. The fourth-order valence-corrected chi connectivity index (χ4v) is 3.56. The van der Waals surface area contributed by atoms with Gasteiger partial charge in [0.05, 0.1) is 30.6 Å². The summed E-state index contributed by atoms with van der Waals surface area (Å²) in [7, 11) is 3.49. The molecule has 1 saturated heterocycles. The first kappa shape index (κ1) is 22.8. The maximum atomic E-state index is 12.1. The van der Waals surface area contributed by atoms with Crippen molar-refractivity contribution in [2.45, 2.75) is 45.8 Å². The number of para-hydroxylation sites is 1. The van der Waals surface area contributed by atoms with Gasteiger partial charge in [-0.2, -0.15) is 5.10 Å². The van der Waals surface area contributed by atoms with Crippen LogP contribution in [0.1, 0.15) is 36.2 Å². The minimum Gasteiger partial charge on any atom is -0.376 e. The number of amides is 1. The average Bonchev–Trinajstić information content (AvgIpc) is 3.11. The van der Waals surface area contributed by atoms with Crippen LogP contribution < -0.4 is 10.6 Å². The average molecular weight is 427 g/mol.